The van der Waals surface area contributed by atoms with Crippen LogP contribution in [-0.2, 0) is 4.79 Å². The molecular weight excluding hydrogens is 180 g/mol. The lowest BCUT2D eigenvalue weighted by Gasteiger charge is -2.43. The molecule has 0 amide bonds. The van der Waals surface area contributed by atoms with E-state index in [1.165, 1.54) is 0 Å². The molecule has 0 bridgehead atoms. The molecule has 1 aliphatic heterocycles. The van der Waals surface area contributed by atoms with Crippen molar-refractivity contribution >= 4 is 5.97 Å². The molecular formula is C10H20N2O2. The molecule has 2 N–H and O–H groups in total. The first-order valence-corrected chi connectivity index (χ1v) is 5.18. The molecule has 82 valence electrons. The topological polar surface area (TPSA) is 52.6 Å². The van der Waals surface area contributed by atoms with E-state index in [-0.39, 0.29) is 5.92 Å². The minimum Gasteiger partial charge on any atom is -0.480 e. The zero-order chi connectivity index (χ0) is 10.8. The third-order valence-electron chi connectivity index (χ3n) is 3.33. The summed E-state index contributed by atoms with van der Waals surface area (Å²) in [5, 5.41) is 12.5. The highest BCUT2D eigenvalue weighted by Crippen LogP contribution is 2.25. The van der Waals surface area contributed by atoms with Gasteiger partial charge >= 0.3 is 5.97 Å². The molecule has 0 aromatic heterocycles. The number of piperazine rings is 1. The van der Waals surface area contributed by atoms with Gasteiger partial charge in [-0.1, -0.05) is 13.8 Å². The van der Waals surface area contributed by atoms with Gasteiger partial charge in [-0.2, -0.15) is 0 Å². The smallest absolute Gasteiger partial charge is 0.324 e. The Hall–Kier alpha value is -0.610. The first kappa shape index (κ1) is 11.5. The molecule has 4 heteroatoms. The Morgan fingerprint density at radius 2 is 1.93 bits per heavy atom. The van der Waals surface area contributed by atoms with Gasteiger partial charge in [-0.05, 0) is 12.8 Å². The number of aliphatic carboxylic acids is 1. The summed E-state index contributed by atoms with van der Waals surface area (Å²) in [7, 11) is 0. The van der Waals surface area contributed by atoms with Crippen LogP contribution in [0.4, 0.5) is 0 Å². The molecule has 4 nitrogen and oxygen atoms in total. The molecule has 0 aromatic carbocycles. The molecule has 1 aliphatic rings. The molecule has 0 aromatic rings. The summed E-state index contributed by atoms with van der Waals surface area (Å²) in [5.74, 6) is -0.590. The first-order valence-electron chi connectivity index (χ1n) is 5.18. The summed E-state index contributed by atoms with van der Waals surface area (Å²) >= 11 is 0. The Morgan fingerprint density at radius 1 is 1.43 bits per heavy atom. The van der Waals surface area contributed by atoms with E-state index in [0.717, 1.165) is 26.2 Å². The number of rotatable bonds is 3. The summed E-state index contributed by atoms with van der Waals surface area (Å²) in [6.45, 7) is 9.17. The van der Waals surface area contributed by atoms with Crippen LogP contribution in [0.3, 0.4) is 0 Å². The van der Waals surface area contributed by atoms with Gasteiger partial charge in [0.25, 0.3) is 0 Å². The van der Waals surface area contributed by atoms with Gasteiger partial charge in [0.15, 0.2) is 0 Å². The summed E-state index contributed by atoms with van der Waals surface area (Å²) in [6.07, 6.45) is 0. The number of carboxylic acids is 1. The van der Waals surface area contributed by atoms with E-state index in [2.05, 4.69) is 10.2 Å². The van der Waals surface area contributed by atoms with Crippen molar-refractivity contribution in [1.82, 2.24) is 10.2 Å². The van der Waals surface area contributed by atoms with Gasteiger partial charge in [0, 0.05) is 26.2 Å². The number of carbonyl (C=O) groups is 1. The van der Waals surface area contributed by atoms with Gasteiger partial charge < -0.3 is 10.4 Å². The zero-order valence-electron chi connectivity index (χ0n) is 9.21. The lowest BCUT2D eigenvalue weighted by molar-refractivity contribution is -0.154. The van der Waals surface area contributed by atoms with Crippen molar-refractivity contribution in [3.05, 3.63) is 0 Å². The van der Waals surface area contributed by atoms with Gasteiger partial charge in [-0.3, -0.25) is 9.69 Å². The summed E-state index contributed by atoms with van der Waals surface area (Å²) < 4.78 is 0. The van der Waals surface area contributed by atoms with Gasteiger partial charge in [0.2, 0.25) is 0 Å². The van der Waals surface area contributed by atoms with Crippen LogP contribution in [0.1, 0.15) is 20.8 Å². The van der Waals surface area contributed by atoms with Crippen LogP contribution in [0.25, 0.3) is 0 Å². The van der Waals surface area contributed by atoms with E-state index in [0.29, 0.717) is 0 Å². The minimum absolute atomic E-state index is 0.123. The number of carboxylic acid groups (broad SMARTS) is 1. The third kappa shape index (κ3) is 1.91. The fourth-order valence-corrected chi connectivity index (χ4v) is 1.88. The maximum absolute atomic E-state index is 11.3. The van der Waals surface area contributed by atoms with Crippen LogP contribution in [-0.4, -0.2) is 47.7 Å². The number of nitrogens with zero attached hydrogens (tertiary/aromatic N) is 1. The normalized spacial score (nSPS) is 23.4. The SMILES string of the molecule is CC(C)[C@@](C)(C(=O)O)N1CCNCC1. The van der Waals surface area contributed by atoms with E-state index in [9.17, 15) is 9.90 Å². The van der Waals surface area contributed by atoms with Crippen molar-refractivity contribution in [1.29, 1.82) is 0 Å². The van der Waals surface area contributed by atoms with Crippen LogP contribution in [0.5, 0.6) is 0 Å². The second kappa shape index (κ2) is 4.28. The Labute approximate surface area is 85.3 Å². The van der Waals surface area contributed by atoms with E-state index < -0.39 is 11.5 Å². The van der Waals surface area contributed by atoms with Crippen molar-refractivity contribution in [2.24, 2.45) is 5.92 Å². The van der Waals surface area contributed by atoms with Crippen LogP contribution >= 0.6 is 0 Å². The van der Waals surface area contributed by atoms with Crippen LogP contribution < -0.4 is 5.32 Å². The Balaban J connectivity index is 2.80. The molecule has 1 heterocycles. The summed E-state index contributed by atoms with van der Waals surface area (Å²) in [6, 6.07) is 0. The van der Waals surface area contributed by atoms with E-state index in [1.807, 2.05) is 20.8 Å². The highest BCUT2D eigenvalue weighted by molar-refractivity contribution is 5.78. The van der Waals surface area contributed by atoms with Gasteiger partial charge in [-0.15, -0.1) is 0 Å². The highest BCUT2D eigenvalue weighted by atomic mass is 16.4. The Morgan fingerprint density at radius 3 is 2.29 bits per heavy atom. The molecule has 0 spiro atoms. The molecule has 1 rings (SSSR count). The summed E-state index contributed by atoms with van der Waals surface area (Å²) in [4.78, 5) is 13.4. The van der Waals surface area contributed by atoms with E-state index in [1.54, 1.807) is 0 Å². The predicted molar refractivity (Wildman–Crippen MR) is 55.3 cm³/mol. The monoisotopic (exact) mass is 200 g/mol. The molecule has 1 atom stereocenters. The van der Waals surface area contributed by atoms with Gasteiger partial charge in [-0.25, -0.2) is 0 Å². The quantitative estimate of drug-likeness (QED) is 0.692. The Kier molecular flexibility index (Phi) is 3.50. The minimum atomic E-state index is -0.720. The van der Waals surface area contributed by atoms with Crippen molar-refractivity contribution < 1.29 is 9.90 Å². The summed E-state index contributed by atoms with van der Waals surface area (Å²) in [5.41, 5.74) is -0.720. The maximum Gasteiger partial charge on any atom is 0.324 e. The number of hydrogen-bond donors (Lipinski definition) is 2. The molecule has 1 saturated heterocycles. The van der Waals surface area contributed by atoms with Gasteiger partial charge in [0.1, 0.15) is 5.54 Å². The third-order valence-corrected chi connectivity index (χ3v) is 3.33. The van der Waals surface area contributed by atoms with E-state index >= 15 is 0 Å². The maximum atomic E-state index is 11.3. The standard InChI is InChI=1S/C10H20N2O2/c1-8(2)10(3,9(13)14)12-6-4-11-5-7-12/h8,11H,4-7H2,1-3H3,(H,13,14)/t10-/m0/s1. The van der Waals surface area contributed by atoms with Crippen molar-refractivity contribution in [3.8, 4) is 0 Å². The first-order chi connectivity index (χ1) is 6.49. The van der Waals surface area contributed by atoms with E-state index in [4.69, 9.17) is 0 Å². The second-order valence-electron chi connectivity index (χ2n) is 4.34. The van der Waals surface area contributed by atoms with Crippen molar-refractivity contribution in [2.45, 2.75) is 26.3 Å². The lowest BCUT2D eigenvalue weighted by atomic mass is 9.86. The number of nitrogens with one attached hydrogen (secondary N) is 1. The predicted octanol–water partition coefficient (Wildman–Crippen LogP) is 0.391. The average Bonchev–Trinajstić information content (AvgIpc) is 2.17. The molecule has 0 unspecified atom stereocenters. The highest BCUT2D eigenvalue weighted by Gasteiger charge is 2.42. The average molecular weight is 200 g/mol. The Bertz CT molecular complexity index is 212. The molecule has 14 heavy (non-hydrogen) atoms. The number of hydrogen-bond acceptors (Lipinski definition) is 3. The molecule has 0 saturated carbocycles. The van der Waals surface area contributed by atoms with Crippen LogP contribution in [0, 0.1) is 5.92 Å². The largest absolute Gasteiger partial charge is 0.480 e. The fourth-order valence-electron chi connectivity index (χ4n) is 1.88. The van der Waals surface area contributed by atoms with Crippen LogP contribution in [0.15, 0.2) is 0 Å². The molecule has 0 radical (unpaired) electrons. The van der Waals surface area contributed by atoms with Gasteiger partial charge in [0.05, 0.1) is 0 Å². The van der Waals surface area contributed by atoms with Crippen molar-refractivity contribution in [3.63, 3.8) is 0 Å². The fraction of sp³-hybridized carbons (Fsp3) is 0.900. The lowest BCUT2D eigenvalue weighted by Crippen LogP contribution is -2.61. The second-order valence-corrected chi connectivity index (χ2v) is 4.34. The van der Waals surface area contributed by atoms with Crippen molar-refractivity contribution in [2.75, 3.05) is 26.2 Å². The van der Waals surface area contributed by atoms with Crippen LogP contribution in [0.2, 0.25) is 0 Å². The molecule has 1 fully saturated rings. The molecule has 0 aliphatic carbocycles. The zero-order valence-corrected chi connectivity index (χ0v) is 9.21.